The lowest BCUT2D eigenvalue weighted by molar-refractivity contribution is 0.0699. The second-order valence-electron chi connectivity index (χ2n) is 4.65. The van der Waals surface area contributed by atoms with Crippen molar-refractivity contribution in [3.8, 4) is 0 Å². The van der Waals surface area contributed by atoms with Crippen LogP contribution in [0.1, 0.15) is 16.1 Å². The summed E-state index contributed by atoms with van der Waals surface area (Å²) in [5.74, 6) is -0.953. The molecule has 0 spiro atoms. The van der Waals surface area contributed by atoms with Crippen molar-refractivity contribution in [2.45, 2.75) is 13.0 Å². The van der Waals surface area contributed by atoms with Crippen molar-refractivity contribution in [3.05, 3.63) is 48.0 Å². The van der Waals surface area contributed by atoms with E-state index in [4.69, 9.17) is 5.11 Å². The van der Waals surface area contributed by atoms with Gasteiger partial charge in [-0.2, -0.15) is 5.10 Å². The van der Waals surface area contributed by atoms with Crippen molar-refractivity contribution in [2.75, 3.05) is 0 Å². The zero-order chi connectivity index (χ0) is 14.1. The van der Waals surface area contributed by atoms with E-state index in [9.17, 15) is 4.79 Å². The maximum absolute atomic E-state index is 11.1. The van der Waals surface area contributed by atoms with Gasteiger partial charge in [0, 0.05) is 26.2 Å². The number of aromatic nitrogens is 4. The van der Waals surface area contributed by atoms with Gasteiger partial charge < -0.3 is 9.67 Å². The third-order valence-corrected chi connectivity index (χ3v) is 3.26. The van der Waals surface area contributed by atoms with Gasteiger partial charge in [0.05, 0.1) is 23.1 Å². The predicted octanol–water partition coefficient (Wildman–Crippen LogP) is 1.71. The fourth-order valence-electron chi connectivity index (χ4n) is 2.27. The van der Waals surface area contributed by atoms with Crippen molar-refractivity contribution >= 4 is 17.0 Å². The van der Waals surface area contributed by atoms with Gasteiger partial charge in [0.25, 0.3) is 0 Å². The summed E-state index contributed by atoms with van der Waals surface area (Å²) in [5.41, 5.74) is 2.60. The summed E-state index contributed by atoms with van der Waals surface area (Å²) in [5, 5.41) is 13.5. The number of hydrogen-bond acceptors (Lipinski definition) is 3. The molecule has 0 saturated heterocycles. The Morgan fingerprint density at radius 3 is 2.90 bits per heavy atom. The molecule has 2 heterocycles. The summed E-state index contributed by atoms with van der Waals surface area (Å²) in [6, 6.07) is 7.17. The average molecular weight is 270 g/mol. The van der Waals surface area contributed by atoms with Gasteiger partial charge in [0.1, 0.15) is 5.52 Å². The summed E-state index contributed by atoms with van der Waals surface area (Å²) >= 11 is 0. The largest absolute Gasteiger partial charge is 0.478 e. The summed E-state index contributed by atoms with van der Waals surface area (Å²) in [6.45, 7) is 0.719. The van der Waals surface area contributed by atoms with E-state index in [1.54, 1.807) is 23.1 Å². The minimum absolute atomic E-state index is 0.235. The van der Waals surface area contributed by atoms with Crippen LogP contribution in [0.4, 0.5) is 0 Å². The standard InChI is InChI=1S/C14H14N4O2/c1-17-7-5-10(16-17)6-8-18-9-15-13-11(14(19)20)3-2-4-12(13)18/h2-5,7,9H,6,8H2,1H3,(H,19,20). The zero-order valence-electron chi connectivity index (χ0n) is 11.0. The molecule has 0 unspecified atom stereocenters. The minimum atomic E-state index is -0.953. The van der Waals surface area contributed by atoms with Crippen LogP contribution in [0, 0.1) is 0 Å². The van der Waals surface area contributed by atoms with E-state index in [-0.39, 0.29) is 5.56 Å². The number of aromatic carboxylic acids is 1. The molecular weight excluding hydrogens is 256 g/mol. The zero-order valence-corrected chi connectivity index (χ0v) is 11.0. The van der Waals surface area contributed by atoms with Crippen LogP contribution in [0.25, 0.3) is 11.0 Å². The van der Waals surface area contributed by atoms with Gasteiger partial charge in [-0.3, -0.25) is 4.68 Å². The molecule has 0 saturated carbocycles. The summed E-state index contributed by atoms with van der Waals surface area (Å²) < 4.78 is 3.72. The first-order chi connectivity index (χ1) is 9.65. The first kappa shape index (κ1) is 12.4. The van der Waals surface area contributed by atoms with Gasteiger partial charge in [0.2, 0.25) is 0 Å². The maximum Gasteiger partial charge on any atom is 0.337 e. The number of fused-ring (bicyclic) bond motifs is 1. The quantitative estimate of drug-likeness (QED) is 0.783. The van der Waals surface area contributed by atoms with E-state index in [0.29, 0.717) is 5.52 Å². The van der Waals surface area contributed by atoms with Gasteiger partial charge in [-0.25, -0.2) is 9.78 Å². The van der Waals surface area contributed by atoms with Gasteiger partial charge in [-0.1, -0.05) is 6.07 Å². The molecule has 1 aromatic carbocycles. The second-order valence-corrected chi connectivity index (χ2v) is 4.65. The number of nitrogens with zero attached hydrogens (tertiary/aromatic N) is 4. The lowest BCUT2D eigenvalue weighted by Gasteiger charge is -2.03. The first-order valence-electron chi connectivity index (χ1n) is 6.31. The number of imidazole rings is 1. The van der Waals surface area contributed by atoms with Gasteiger partial charge in [-0.05, 0) is 18.2 Å². The summed E-state index contributed by atoms with van der Waals surface area (Å²) in [7, 11) is 1.88. The topological polar surface area (TPSA) is 72.9 Å². The molecule has 6 heteroatoms. The summed E-state index contributed by atoms with van der Waals surface area (Å²) in [6.07, 6.45) is 4.37. The van der Waals surface area contributed by atoms with Crippen molar-refractivity contribution in [3.63, 3.8) is 0 Å². The lowest BCUT2D eigenvalue weighted by Crippen LogP contribution is -2.02. The molecule has 0 radical (unpaired) electrons. The molecule has 0 aliphatic heterocycles. The summed E-state index contributed by atoms with van der Waals surface area (Å²) in [4.78, 5) is 15.4. The molecule has 0 aliphatic rings. The van der Waals surface area contributed by atoms with E-state index in [0.717, 1.165) is 24.2 Å². The fraction of sp³-hybridized carbons (Fsp3) is 0.214. The Hall–Kier alpha value is -2.63. The van der Waals surface area contributed by atoms with E-state index in [1.165, 1.54) is 0 Å². The number of hydrogen-bond donors (Lipinski definition) is 1. The number of benzene rings is 1. The Kier molecular flexibility index (Phi) is 2.98. The fourth-order valence-corrected chi connectivity index (χ4v) is 2.27. The van der Waals surface area contributed by atoms with Gasteiger partial charge >= 0.3 is 5.97 Å². The van der Waals surface area contributed by atoms with Crippen molar-refractivity contribution in [2.24, 2.45) is 7.05 Å². The molecule has 0 fully saturated rings. The molecule has 2 aromatic heterocycles. The van der Waals surface area contributed by atoms with Crippen LogP contribution in [0.15, 0.2) is 36.8 Å². The smallest absolute Gasteiger partial charge is 0.337 e. The number of para-hydroxylation sites is 1. The Bertz CT molecular complexity index is 772. The number of carboxylic acid groups (broad SMARTS) is 1. The number of aryl methyl sites for hydroxylation is 3. The molecule has 3 aromatic rings. The Morgan fingerprint density at radius 2 is 2.20 bits per heavy atom. The Balaban J connectivity index is 1.89. The molecular formula is C14H14N4O2. The molecule has 102 valence electrons. The Morgan fingerprint density at radius 1 is 1.35 bits per heavy atom. The minimum Gasteiger partial charge on any atom is -0.478 e. The lowest BCUT2D eigenvalue weighted by atomic mass is 10.2. The van der Waals surface area contributed by atoms with Gasteiger partial charge in [-0.15, -0.1) is 0 Å². The average Bonchev–Trinajstić information content (AvgIpc) is 3.02. The van der Waals surface area contributed by atoms with Crippen LogP contribution in [0.5, 0.6) is 0 Å². The monoisotopic (exact) mass is 270 g/mol. The maximum atomic E-state index is 11.1. The molecule has 0 bridgehead atoms. The predicted molar refractivity (Wildman–Crippen MR) is 73.6 cm³/mol. The SMILES string of the molecule is Cn1ccc(CCn2cnc3c(C(=O)O)cccc32)n1. The normalized spacial score (nSPS) is 11.1. The number of rotatable bonds is 4. The first-order valence-corrected chi connectivity index (χ1v) is 6.31. The van der Waals surface area contributed by atoms with Crippen LogP contribution >= 0.6 is 0 Å². The van der Waals surface area contributed by atoms with Crippen LogP contribution in [-0.4, -0.2) is 30.4 Å². The van der Waals surface area contributed by atoms with E-state index in [2.05, 4.69) is 10.1 Å². The van der Waals surface area contributed by atoms with Crippen molar-refractivity contribution in [1.82, 2.24) is 19.3 Å². The molecule has 0 aliphatic carbocycles. The van der Waals surface area contributed by atoms with Crippen LogP contribution < -0.4 is 0 Å². The third kappa shape index (κ3) is 2.16. The number of carbonyl (C=O) groups is 1. The molecule has 1 N–H and O–H groups in total. The van der Waals surface area contributed by atoms with E-state index in [1.807, 2.05) is 29.9 Å². The second kappa shape index (κ2) is 4.80. The van der Waals surface area contributed by atoms with Crippen LogP contribution in [0.3, 0.4) is 0 Å². The van der Waals surface area contributed by atoms with Crippen LogP contribution in [-0.2, 0) is 20.0 Å². The van der Waals surface area contributed by atoms with E-state index < -0.39 is 5.97 Å². The third-order valence-electron chi connectivity index (χ3n) is 3.26. The van der Waals surface area contributed by atoms with Crippen molar-refractivity contribution < 1.29 is 9.90 Å². The molecule has 3 rings (SSSR count). The molecule has 0 atom stereocenters. The van der Waals surface area contributed by atoms with E-state index >= 15 is 0 Å². The Labute approximate surface area is 115 Å². The highest BCUT2D eigenvalue weighted by Crippen LogP contribution is 2.18. The molecule has 0 amide bonds. The highest BCUT2D eigenvalue weighted by atomic mass is 16.4. The van der Waals surface area contributed by atoms with Gasteiger partial charge in [0.15, 0.2) is 0 Å². The molecule has 6 nitrogen and oxygen atoms in total. The molecule has 20 heavy (non-hydrogen) atoms. The highest BCUT2D eigenvalue weighted by molar-refractivity contribution is 6.00. The highest BCUT2D eigenvalue weighted by Gasteiger charge is 2.12. The van der Waals surface area contributed by atoms with Crippen molar-refractivity contribution in [1.29, 1.82) is 0 Å². The number of carboxylic acids is 1. The van der Waals surface area contributed by atoms with Crippen LogP contribution in [0.2, 0.25) is 0 Å².